The van der Waals surface area contributed by atoms with Gasteiger partial charge in [0.1, 0.15) is 0 Å². The summed E-state index contributed by atoms with van der Waals surface area (Å²) in [6.07, 6.45) is 6.70. The zero-order valence-electron chi connectivity index (χ0n) is 12.9. The lowest BCUT2D eigenvalue weighted by Crippen LogP contribution is -2.06. The van der Waals surface area contributed by atoms with Crippen molar-refractivity contribution >= 4 is 22.8 Å². The van der Waals surface area contributed by atoms with Crippen molar-refractivity contribution < 1.29 is 9.53 Å². The van der Waals surface area contributed by atoms with Crippen LogP contribution in [0.25, 0.3) is 27.9 Å². The van der Waals surface area contributed by atoms with E-state index in [1.807, 2.05) is 18.3 Å². The summed E-state index contributed by atoms with van der Waals surface area (Å²) < 4.78 is 6.75. The Kier molecular flexibility index (Phi) is 3.38. The van der Waals surface area contributed by atoms with Crippen LogP contribution in [0.5, 0.6) is 0 Å². The van der Waals surface area contributed by atoms with Gasteiger partial charge in [-0.3, -0.25) is 0 Å². The minimum Gasteiger partial charge on any atom is -0.462 e. The van der Waals surface area contributed by atoms with Crippen LogP contribution < -0.4 is 0 Å². The van der Waals surface area contributed by atoms with Gasteiger partial charge in [-0.15, -0.1) is 5.10 Å². The molecule has 0 saturated heterocycles. The first kappa shape index (κ1) is 14.3. The number of nitrogens with zero attached hydrogens (tertiary/aromatic N) is 5. The van der Waals surface area contributed by atoms with E-state index in [2.05, 4.69) is 20.1 Å². The highest BCUT2D eigenvalue weighted by Crippen LogP contribution is 2.25. The number of ether oxygens (including phenoxy) is 1. The molecule has 0 amide bonds. The molecule has 7 heteroatoms. The summed E-state index contributed by atoms with van der Waals surface area (Å²) >= 11 is 0. The van der Waals surface area contributed by atoms with E-state index in [1.165, 1.54) is 0 Å². The van der Waals surface area contributed by atoms with Gasteiger partial charge >= 0.3 is 5.97 Å². The summed E-state index contributed by atoms with van der Waals surface area (Å²) in [5.41, 5.74) is 3.79. The van der Waals surface area contributed by atoms with E-state index in [4.69, 9.17) is 4.74 Å². The number of aromatic nitrogens is 5. The standard InChI is InChI=1S/C17H13N5O2/c1-2-24-17(23)13-6-4-3-5-12(13)11-9-20-16-14-15(19-8-7-18-14)21-22(16)10-11/h3-10H,2H2,1H3. The molecule has 0 spiro atoms. The van der Waals surface area contributed by atoms with E-state index >= 15 is 0 Å². The molecule has 4 aromatic rings. The lowest BCUT2D eigenvalue weighted by molar-refractivity contribution is 0.0527. The summed E-state index contributed by atoms with van der Waals surface area (Å²) in [5, 5.41) is 4.38. The highest BCUT2D eigenvalue weighted by Gasteiger charge is 2.15. The molecule has 0 aliphatic heterocycles. The van der Waals surface area contributed by atoms with Gasteiger partial charge in [-0.05, 0) is 18.6 Å². The Morgan fingerprint density at radius 1 is 1.17 bits per heavy atom. The van der Waals surface area contributed by atoms with Crippen molar-refractivity contribution in [1.29, 1.82) is 0 Å². The van der Waals surface area contributed by atoms with Crippen LogP contribution in [0.1, 0.15) is 17.3 Å². The van der Waals surface area contributed by atoms with Crippen molar-refractivity contribution in [1.82, 2.24) is 24.6 Å². The Morgan fingerprint density at radius 3 is 2.88 bits per heavy atom. The van der Waals surface area contributed by atoms with E-state index in [1.54, 1.807) is 42.2 Å². The van der Waals surface area contributed by atoms with Gasteiger partial charge in [-0.2, -0.15) is 0 Å². The van der Waals surface area contributed by atoms with Crippen LogP contribution in [0.3, 0.4) is 0 Å². The molecule has 0 aliphatic rings. The molecule has 0 bridgehead atoms. The van der Waals surface area contributed by atoms with Crippen LogP contribution in [0.4, 0.5) is 0 Å². The zero-order chi connectivity index (χ0) is 16.5. The Hall–Kier alpha value is -3.35. The molecular weight excluding hydrogens is 306 g/mol. The van der Waals surface area contributed by atoms with Gasteiger partial charge in [-0.1, -0.05) is 18.2 Å². The number of esters is 1. The van der Waals surface area contributed by atoms with Crippen molar-refractivity contribution in [3.8, 4) is 11.1 Å². The number of carbonyl (C=O) groups excluding carboxylic acids is 1. The Morgan fingerprint density at radius 2 is 2.00 bits per heavy atom. The first-order chi connectivity index (χ1) is 11.8. The van der Waals surface area contributed by atoms with E-state index in [0.717, 1.165) is 11.1 Å². The summed E-state index contributed by atoms with van der Waals surface area (Å²) in [4.78, 5) is 25.0. The van der Waals surface area contributed by atoms with Gasteiger partial charge in [0.05, 0.1) is 12.2 Å². The molecule has 4 rings (SSSR count). The van der Waals surface area contributed by atoms with Crippen molar-refractivity contribution in [3.05, 3.63) is 54.6 Å². The average Bonchev–Trinajstić information content (AvgIpc) is 2.99. The van der Waals surface area contributed by atoms with Gasteiger partial charge < -0.3 is 4.74 Å². The predicted molar refractivity (Wildman–Crippen MR) is 87.5 cm³/mol. The van der Waals surface area contributed by atoms with Gasteiger partial charge in [0.25, 0.3) is 0 Å². The molecule has 0 saturated carbocycles. The third-order valence-corrected chi connectivity index (χ3v) is 3.63. The van der Waals surface area contributed by atoms with E-state index in [-0.39, 0.29) is 5.97 Å². The molecule has 0 radical (unpaired) electrons. The fourth-order valence-electron chi connectivity index (χ4n) is 2.59. The highest BCUT2D eigenvalue weighted by molar-refractivity contribution is 5.97. The van der Waals surface area contributed by atoms with Crippen molar-refractivity contribution in [2.75, 3.05) is 6.61 Å². The minimum absolute atomic E-state index is 0.326. The van der Waals surface area contributed by atoms with E-state index in [9.17, 15) is 4.79 Å². The van der Waals surface area contributed by atoms with Gasteiger partial charge in [0.2, 0.25) is 5.65 Å². The van der Waals surface area contributed by atoms with Crippen LogP contribution >= 0.6 is 0 Å². The van der Waals surface area contributed by atoms with E-state index in [0.29, 0.717) is 29.0 Å². The first-order valence-corrected chi connectivity index (χ1v) is 7.49. The van der Waals surface area contributed by atoms with Crippen LogP contribution in [0.15, 0.2) is 49.1 Å². The smallest absolute Gasteiger partial charge is 0.338 e. The molecular formula is C17H13N5O2. The molecule has 0 unspecified atom stereocenters. The summed E-state index contributed by atoms with van der Waals surface area (Å²) in [6, 6.07) is 7.26. The second-order valence-electron chi connectivity index (χ2n) is 5.11. The maximum absolute atomic E-state index is 12.2. The maximum atomic E-state index is 12.2. The third kappa shape index (κ3) is 2.26. The second-order valence-corrected chi connectivity index (χ2v) is 5.11. The maximum Gasteiger partial charge on any atom is 0.338 e. The first-order valence-electron chi connectivity index (χ1n) is 7.49. The number of hydrogen-bond donors (Lipinski definition) is 0. The monoisotopic (exact) mass is 319 g/mol. The normalized spacial score (nSPS) is 11.0. The number of benzene rings is 1. The van der Waals surface area contributed by atoms with Gasteiger partial charge in [-0.25, -0.2) is 24.3 Å². The summed E-state index contributed by atoms with van der Waals surface area (Å²) in [5.74, 6) is -0.359. The topological polar surface area (TPSA) is 82.3 Å². The molecule has 0 fully saturated rings. The highest BCUT2D eigenvalue weighted by atomic mass is 16.5. The molecule has 0 atom stereocenters. The quantitative estimate of drug-likeness (QED) is 0.540. The van der Waals surface area contributed by atoms with Crippen LogP contribution in [-0.4, -0.2) is 37.1 Å². The van der Waals surface area contributed by atoms with Crippen LogP contribution in [0.2, 0.25) is 0 Å². The number of rotatable bonds is 3. The van der Waals surface area contributed by atoms with Gasteiger partial charge in [0, 0.05) is 30.4 Å². The fraction of sp³-hybridized carbons (Fsp3) is 0.118. The van der Waals surface area contributed by atoms with Gasteiger partial charge in [0.15, 0.2) is 11.2 Å². The largest absolute Gasteiger partial charge is 0.462 e. The number of fused-ring (bicyclic) bond motifs is 3. The van der Waals surface area contributed by atoms with Crippen molar-refractivity contribution in [2.24, 2.45) is 0 Å². The SMILES string of the molecule is CCOC(=O)c1ccccc1-c1cnc2c3nccnc3nn2c1. The number of carbonyl (C=O) groups is 1. The Bertz CT molecular complexity index is 1060. The lowest BCUT2D eigenvalue weighted by Gasteiger charge is -2.08. The minimum atomic E-state index is -0.359. The molecule has 0 aliphatic carbocycles. The van der Waals surface area contributed by atoms with Crippen molar-refractivity contribution in [2.45, 2.75) is 6.92 Å². The molecule has 3 aromatic heterocycles. The zero-order valence-corrected chi connectivity index (χ0v) is 12.9. The average molecular weight is 319 g/mol. The molecule has 118 valence electrons. The Balaban J connectivity index is 1.88. The van der Waals surface area contributed by atoms with Crippen LogP contribution in [0, 0.1) is 0 Å². The number of hydrogen-bond acceptors (Lipinski definition) is 6. The fourth-order valence-corrected chi connectivity index (χ4v) is 2.59. The van der Waals surface area contributed by atoms with E-state index < -0.39 is 0 Å². The predicted octanol–water partition coefficient (Wildman–Crippen LogP) is 2.52. The molecule has 24 heavy (non-hydrogen) atoms. The Labute approximate surface area is 137 Å². The molecule has 0 N–H and O–H groups in total. The molecule has 3 heterocycles. The summed E-state index contributed by atoms with van der Waals surface area (Å²) in [6.45, 7) is 2.11. The van der Waals surface area contributed by atoms with Crippen molar-refractivity contribution in [3.63, 3.8) is 0 Å². The molecule has 1 aromatic carbocycles. The second kappa shape index (κ2) is 5.69. The summed E-state index contributed by atoms with van der Waals surface area (Å²) in [7, 11) is 0. The third-order valence-electron chi connectivity index (χ3n) is 3.63. The van der Waals surface area contributed by atoms with Crippen LogP contribution in [-0.2, 0) is 4.74 Å². The lowest BCUT2D eigenvalue weighted by atomic mass is 10.0. The molecule has 7 nitrogen and oxygen atoms in total.